The largest absolute Gasteiger partial charge is 0.456 e. The van der Waals surface area contributed by atoms with E-state index in [9.17, 15) is 0 Å². The molecule has 0 saturated heterocycles. The van der Waals surface area contributed by atoms with Gasteiger partial charge in [-0.1, -0.05) is 146 Å². The lowest BCUT2D eigenvalue weighted by Crippen LogP contribution is -2.00. The molecule has 2 heterocycles. The van der Waals surface area contributed by atoms with Gasteiger partial charge >= 0.3 is 0 Å². The van der Waals surface area contributed by atoms with Gasteiger partial charge in [-0.25, -0.2) is 9.97 Å². The van der Waals surface area contributed by atoms with E-state index >= 15 is 0 Å². The molecule has 1 aliphatic heterocycles. The molecule has 0 bridgehead atoms. The van der Waals surface area contributed by atoms with Crippen molar-refractivity contribution in [3.05, 3.63) is 182 Å². The first kappa shape index (κ1) is 29.6. The van der Waals surface area contributed by atoms with E-state index in [1.54, 1.807) is 0 Å². The van der Waals surface area contributed by atoms with Crippen LogP contribution < -0.4 is 4.74 Å². The Hall–Kier alpha value is -7.10. The van der Waals surface area contributed by atoms with Crippen molar-refractivity contribution < 1.29 is 4.74 Å². The predicted molar refractivity (Wildman–Crippen MR) is 219 cm³/mol. The topological polar surface area (TPSA) is 35.0 Å². The molecular formula is C50H30N2O. The Morgan fingerprint density at radius 3 is 1.92 bits per heavy atom. The molecule has 1 aromatic heterocycles. The van der Waals surface area contributed by atoms with Crippen LogP contribution in [0.25, 0.3) is 99.2 Å². The first-order valence-corrected chi connectivity index (χ1v) is 18.0. The van der Waals surface area contributed by atoms with E-state index in [4.69, 9.17) is 14.7 Å². The highest BCUT2D eigenvalue weighted by Crippen LogP contribution is 2.48. The fraction of sp³-hybridized carbons (Fsp3) is 0. The summed E-state index contributed by atoms with van der Waals surface area (Å²) >= 11 is 0. The van der Waals surface area contributed by atoms with Crippen molar-refractivity contribution in [2.45, 2.75) is 0 Å². The second-order valence-corrected chi connectivity index (χ2v) is 13.7. The summed E-state index contributed by atoms with van der Waals surface area (Å²) in [4.78, 5) is 10.9. The van der Waals surface area contributed by atoms with E-state index in [2.05, 4.69) is 176 Å². The zero-order valence-corrected chi connectivity index (χ0v) is 28.6. The first-order valence-electron chi connectivity index (χ1n) is 18.0. The Kier molecular flexibility index (Phi) is 6.55. The smallest absolute Gasteiger partial charge is 0.161 e. The van der Waals surface area contributed by atoms with Gasteiger partial charge in [-0.3, -0.25) is 0 Å². The lowest BCUT2D eigenvalue weighted by molar-refractivity contribution is 0.487. The molecule has 0 radical (unpaired) electrons. The quantitative estimate of drug-likeness (QED) is 0.138. The van der Waals surface area contributed by atoms with Crippen LogP contribution in [0.1, 0.15) is 0 Å². The van der Waals surface area contributed by atoms with Gasteiger partial charge < -0.3 is 4.74 Å². The average molecular weight is 675 g/mol. The minimum absolute atomic E-state index is 0.681. The Morgan fingerprint density at radius 1 is 0.340 bits per heavy atom. The fourth-order valence-electron chi connectivity index (χ4n) is 8.21. The SMILES string of the molecule is c1ccc(-c2ccccc2-c2nc(-c3ccc4c(c3)-c3cccc5cccc(c35)O4)cc(-c3c4ccccc4cc4c3ccc3ccccc34)n2)cc1. The van der Waals surface area contributed by atoms with Crippen LogP contribution in [-0.4, -0.2) is 9.97 Å². The van der Waals surface area contributed by atoms with E-state index in [1.807, 2.05) is 6.07 Å². The van der Waals surface area contributed by atoms with E-state index in [0.717, 1.165) is 83.4 Å². The highest BCUT2D eigenvalue weighted by molar-refractivity contribution is 6.20. The molecule has 3 heteroatoms. The molecule has 11 rings (SSSR count). The fourth-order valence-corrected chi connectivity index (χ4v) is 8.21. The molecule has 0 spiro atoms. The van der Waals surface area contributed by atoms with Crippen molar-refractivity contribution in [3.8, 4) is 67.7 Å². The molecule has 3 nitrogen and oxygen atoms in total. The summed E-state index contributed by atoms with van der Waals surface area (Å²) in [6.07, 6.45) is 0. The molecule has 0 aliphatic carbocycles. The standard InChI is InChI=1S/C50H30N2O/c1-2-12-31(13-3-1)36-18-8-9-21-41(36)50-51-44(35-25-27-46-43(29-35)39-22-10-16-33-17-11-23-47(53-46)48(33)39)30-45(52-50)49-38-20-7-5-15-34(38)28-42-37-19-6-4-14-32(37)24-26-40(42)49/h1-30H. The Balaban J connectivity index is 1.21. The lowest BCUT2D eigenvalue weighted by Gasteiger charge is -2.22. The second kappa shape index (κ2) is 11.7. The number of aromatic nitrogens is 2. The van der Waals surface area contributed by atoms with E-state index in [-0.39, 0.29) is 0 Å². The normalized spacial score (nSPS) is 11.9. The van der Waals surface area contributed by atoms with Gasteiger partial charge in [0.15, 0.2) is 5.82 Å². The number of benzene rings is 9. The number of hydrogen-bond acceptors (Lipinski definition) is 3. The molecule has 1 aliphatic rings. The van der Waals surface area contributed by atoms with Crippen molar-refractivity contribution in [2.75, 3.05) is 0 Å². The third kappa shape index (κ3) is 4.75. The van der Waals surface area contributed by atoms with Gasteiger partial charge in [-0.2, -0.15) is 0 Å². The minimum Gasteiger partial charge on any atom is -0.456 e. The third-order valence-corrected chi connectivity index (χ3v) is 10.7. The van der Waals surface area contributed by atoms with Crippen molar-refractivity contribution in [2.24, 2.45) is 0 Å². The second-order valence-electron chi connectivity index (χ2n) is 13.7. The summed E-state index contributed by atoms with van der Waals surface area (Å²) in [5.41, 5.74) is 9.25. The Labute approximate surface area is 306 Å². The Bertz CT molecular complexity index is 3090. The maximum Gasteiger partial charge on any atom is 0.161 e. The summed E-state index contributed by atoms with van der Waals surface area (Å²) in [6, 6.07) is 64.4. The zero-order valence-electron chi connectivity index (χ0n) is 28.6. The van der Waals surface area contributed by atoms with Crippen molar-refractivity contribution in [3.63, 3.8) is 0 Å². The molecule has 53 heavy (non-hydrogen) atoms. The van der Waals surface area contributed by atoms with Gasteiger partial charge in [0, 0.05) is 27.6 Å². The maximum atomic E-state index is 6.49. The third-order valence-electron chi connectivity index (χ3n) is 10.7. The number of nitrogens with zero attached hydrogens (tertiary/aromatic N) is 2. The van der Waals surface area contributed by atoms with Gasteiger partial charge in [0.1, 0.15) is 11.5 Å². The maximum absolute atomic E-state index is 6.49. The molecule has 9 aromatic carbocycles. The van der Waals surface area contributed by atoms with Gasteiger partial charge in [0.2, 0.25) is 0 Å². The molecule has 0 amide bonds. The summed E-state index contributed by atoms with van der Waals surface area (Å²) in [5, 5.41) is 9.45. The minimum atomic E-state index is 0.681. The van der Waals surface area contributed by atoms with Crippen LogP contribution in [0.5, 0.6) is 11.5 Å². The highest BCUT2D eigenvalue weighted by Gasteiger charge is 2.22. The molecule has 0 saturated carbocycles. The lowest BCUT2D eigenvalue weighted by atomic mass is 9.90. The van der Waals surface area contributed by atoms with Gasteiger partial charge in [-0.15, -0.1) is 0 Å². The molecule has 0 N–H and O–H groups in total. The number of ether oxygens (including phenoxy) is 1. The molecule has 10 aromatic rings. The number of fused-ring (bicyclic) bond motifs is 6. The van der Waals surface area contributed by atoms with Crippen LogP contribution in [0.15, 0.2) is 182 Å². The van der Waals surface area contributed by atoms with Crippen molar-refractivity contribution in [1.82, 2.24) is 9.97 Å². The summed E-state index contributed by atoms with van der Waals surface area (Å²) in [7, 11) is 0. The van der Waals surface area contributed by atoms with E-state index in [0.29, 0.717) is 5.82 Å². The van der Waals surface area contributed by atoms with Crippen LogP contribution in [0.3, 0.4) is 0 Å². The summed E-state index contributed by atoms with van der Waals surface area (Å²) in [5.74, 6) is 2.41. The van der Waals surface area contributed by atoms with Crippen molar-refractivity contribution in [1.29, 1.82) is 0 Å². The first-order chi connectivity index (χ1) is 26.3. The molecule has 0 unspecified atom stereocenters. The number of hydrogen-bond donors (Lipinski definition) is 0. The van der Waals surface area contributed by atoms with Crippen LogP contribution in [0.4, 0.5) is 0 Å². The van der Waals surface area contributed by atoms with E-state index in [1.165, 1.54) is 21.5 Å². The molecule has 246 valence electrons. The summed E-state index contributed by atoms with van der Waals surface area (Å²) < 4.78 is 6.49. The average Bonchev–Trinajstić information content (AvgIpc) is 3.23. The van der Waals surface area contributed by atoms with Gasteiger partial charge in [-0.05, 0) is 90.8 Å². The molecule has 0 atom stereocenters. The van der Waals surface area contributed by atoms with Gasteiger partial charge in [0.25, 0.3) is 0 Å². The molecular weight excluding hydrogens is 645 g/mol. The van der Waals surface area contributed by atoms with Crippen LogP contribution in [0, 0.1) is 0 Å². The zero-order chi connectivity index (χ0) is 34.9. The predicted octanol–water partition coefficient (Wildman–Crippen LogP) is 13.5. The molecule has 0 fully saturated rings. The monoisotopic (exact) mass is 674 g/mol. The highest BCUT2D eigenvalue weighted by atomic mass is 16.5. The van der Waals surface area contributed by atoms with Crippen molar-refractivity contribution >= 4 is 43.1 Å². The summed E-state index contributed by atoms with van der Waals surface area (Å²) in [6.45, 7) is 0. The van der Waals surface area contributed by atoms with Gasteiger partial charge in [0.05, 0.1) is 11.4 Å². The van der Waals surface area contributed by atoms with E-state index < -0.39 is 0 Å². The Morgan fingerprint density at radius 2 is 1.04 bits per heavy atom. The van der Waals surface area contributed by atoms with Crippen LogP contribution >= 0.6 is 0 Å². The number of rotatable bonds is 4. The van der Waals surface area contributed by atoms with Crippen LogP contribution in [-0.2, 0) is 0 Å². The van der Waals surface area contributed by atoms with Crippen LogP contribution in [0.2, 0.25) is 0 Å².